The number of nitrogens with one attached hydrogen (secondary N) is 1. The molecular weight excluding hydrogens is 262 g/mol. The van der Waals surface area contributed by atoms with Crippen LogP contribution in [0.1, 0.15) is 32.2 Å². The fourth-order valence-electron chi connectivity index (χ4n) is 1.68. The molecule has 1 aromatic carbocycles. The first-order valence-corrected chi connectivity index (χ1v) is 5.87. The zero-order valence-electron chi connectivity index (χ0n) is 10.7. The molecule has 0 saturated heterocycles. The van der Waals surface area contributed by atoms with Gasteiger partial charge in [-0.3, -0.25) is 4.79 Å². The van der Waals surface area contributed by atoms with Crippen LogP contribution < -0.4 is 5.32 Å². The smallest absolute Gasteiger partial charge is 0.371 e. The van der Waals surface area contributed by atoms with Crippen molar-refractivity contribution in [3.05, 3.63) is 53.0 Å². The molecule has 0 atom stereocenters. The number of hydrogen-bond donors (Lipinski definition) is 3. The van der Waals surface area contributed by atoms with Gasteiger partial charge in [0.25, 0.3) is 5.91 Å². The largest absolute Gasteiger partial charge is 0.507 e. The lowest BCUT2D eigenvalue weighted by molar-refractivity contribution is 0.0660. The Morgan fingerprint density at radius 2 is 2.00 bits per heavy atom. The molecule has 0 saturated carbocycles. The molecule has 6 nitrogen and oxygen atoms in total. The number of carboxylic acid groups (broad SMARTS) is 1. The number of hydrogen-bond acceptors (Lipinski definition) is 4. The van der Waals surface area contributed by atoms with Crippen molar-refractivity contribution >= 4 is 11.9 Å². The van der Waals surface area contributed by atoms with E-state index in [-0.39, 0.29) is 23.6 Å². The van der Waals surface area contributed by atoms with Gasteiger partial charge < -0.3 is 19.9 Å². The summed E-state index contributed by atoms with van der Waals surface area (Å²) in [7, 11) is 0. The minimum Gasteiger partial charge on any atom is -0.507 e. The van der Waals surface area contributed by atoms with Gasteiger partial charge in [0.1, 0.15) is 11.5 Å². The molecule has 0 aliphatic heterocycles. The maximum absolute atomic E-state index is 11.9. The van der Waals surface area contributed by atoms with Crippen molar-refractivity contribution in [1.82, 2.24) is 5.32 Å². The third kappa shape index (κ3) is 2.97. The first kappa shape index (κ1) is 13.7. The van der Waals surface area contributed by atoms with E-state index in [1.54, 1.807) is 12.1 Å². The first-order chi connectivity index (χ1) is 9.47. The summed E-state index contributed by atoms with van der Waals surface area (Å²) in [6.07, 6.45) is 0. The Bertz CT molecular complexity index is 659. The summed E-state index contributed by atoms with van der Waals surface area (Å²) in [5, 5.41) is 20.9. The van der Waals surface area contributed by atoms with Crippen molar-refractivity contribution in [3.63, 3.8) is 0 Å². The van der Waals surface area contributed by atoms with E-state index in [9.17, 15) is 14.7 Å². The summed E-state index contributed by atoms with van der Waals surface area (Å²) in [5.41, 5.74) is 1.01. The Kier molecular flexibility index (Phi) is 3.74. The summed E-state index contributed by atoms with van der Waals surface area (Å²) in [5.74, 6) is -1.60. The van der Waals surface area contributed by atoms with Crippen LogP contribution in [0.25, 0.3) is 0 Å². The molecule has 0 bridgehead atoms. The van der Waals surface area contributed by atoms with Gasteiger partial charge in [-0.05, 0) is 31.2 Å². The quantitative estimate of drug-likeness (QED) is 0.791. The van der Waals surface area contributed by atoms with E-state index in [0.29, 0.717) is 5.76 Å². The normalized spacial score (nSPS) is 10.2. The van der Waals surface area contributed by atoms with Gasteiger partial charge in [0.2, 0.25) is 5.76 Å². The number of amides is 1. The highest BCUT2D eigenvalue weighted by atomic mass is 16.4. The van der Waals surface area contributed by atoms with E-state index in [1.807, 2.05) is 6.92 Å². The minimum absolute atomic E-state index is 0.0412. The lowest BCUT2D eigenvalue weighted by Gasteiger charge is -2.06. The molecule has 0 aliphatic rings. The van der Waals surface area contributed by atoms with Gasteiger partial charge in [-0.2, -0.15) is 0 Å². The van der Waals surface area contributed by atoms with Crippen LogP contribution in [0.5, 0.6) is 5.75 Å². The number of carboxylic acids is 1. The third-order valence-electron chi connectivity index (χ3n) is 2.69. The maximum atomic E-state index is 11.9. The Balaban J connectivity index is 2.04. The van der Waals surface area contributed by atoms with Gasteiger partial charge in [0.05, 0.1) is 12.1 Å². The molecule has 1 aromatic heterocycles. The Hall–Kier alpha value is -2.76. The van der Waals surface area contributed by atoms with Crippen LogP contribution in [-0.2, 0) is 6.54 Å². The fourth-order valence-corrected chi connectivity index (χ4v) is 1.68. The van der Waals surface area contributed by atoms with Crippen molar-refractivity contribution in [1.29, 1.82) is 0 Å². The zero-order chi connectivity index (χ0) is 14.7. The molecule has 1 amide bonds. The molecule has 2 rings (SSSR count). The van der Waals surface area contributed by atoms with E-state index >= 15 is 0 Å². The fraction of sp³-hybridized carbons (Fsp3) is 0.143. The summed E-state index contributed by atoms with van der Waals surface area (Å²) in [6.45, 7) is 1.85. The van der Waals surface area contributed by atoms with E-state index in [4.69, 9.17) is 9.52 Å². The topological polar surface area (TPSA) is 99.8 Å². The lowest BCUT2D eigenvalue weighted by Crippen LogP contribution is -2.22. The van der Waals surface area contributed by atoms with Crippen molar-refractivity contribution in [3.8, 4) is 5.75 Å². The van der Waals surface area contributed by atoms with Gasteiger partial charge in [-0.15, -0.1) is 0 Å². The molecule has 0 fully saturated rings. The second-order valence-corrected chi connectivity index (χ2v) is 4.27. The second-order valence-electron chi connectivity index (χ2n) is 4.27. The molecule has 0 spiro atoms. The summed E-state index contributed by atoms with van der Waals surface area (Å²) >= 11 is 0. The molecular formula is C14H13NO5. The number of aromatic hydroxyl groups is 1. The SMILES string of the molecule is Cc1ccc(O)c(C(=O)NCc2ccc(C(=O)O)o2)c1. The highest BCUT2D eigenvalue weighted by Crippen LogP contribution is 2.18. The number of rotatable bonds is 4. The third-order valence-corrected chi connectivity index (χ3v) is 2.69. The minimum atomic E-state index is -1.17. The molecule has 20 heavy (non-hydrogen) atoms. The zero-order valence-corrected chi connectivity index (χ0v) is 10.7. The van der Waals surface area contributed by atoms with Gasteiger partial charge in [0, 0.05) is 0 Å². The van der Waals surface area contributed by atoms with Crippen LogP contribution in [0.3, 0.4) is 0 Å². The predicted octanol–water partition coefficient (Wildman–Crippen LogP) is 1.92. The Labute approximate surface area is 114 Å². The van der Waals surface area contributed by atoms with Crippen molar-refractivity contribution in [2.75, 3.05) is 0 Å². The average Bonchev–Trinajstić information content (AvgIpc) is 2.88. The van der Waals surface area contributed by atoms with Gasteiger partial charge in [-0.25, -0.2) is 4.79 Å². The van der Waals surface area contributed by atoms with Crippen molar-refractivity contribution in [2.24, 2.45) is 0 Å². The predicted molar refractivity (Wildman–Crippen MR) is 69.7 cm³/mol. The number of carbonyl (C=O) groups excluding carboxylic acids is 1. The van der Waals surface area contributed by atoms with Gasteiger partial charge >= 0.3 is 5.97 Å². The number of phenols is 1. The van der Waals surface area contributed by atoms with E-state index in [0.717, 1.165) is 5.56 Å². The number of carbonyl (C=O) groups is 2. The van der Waals surface area contributed by atoms with E-state index < -0.39 is 11.9 Å². The molecule has 0 unspecified atom stereocenters. The summed E-state index contributed by atoms with van der Waals surface area (Å²) in [6, 6.07) is 7.49. The lowest BCUT2D eigenvalue weighted by atomic mass is 10.1. The van der Waals surface area contributed by atoms with Crippen molar-refractivity contribution in [2.45, 2.75) is 13.5 Å². The van der Waals surface area contributed by atoms with Crippen LogP contribution in [-0.4, -0.2) is 22.1 Å². The number of aromatic carboxylic acids is 1. The van der Waals surface area contributed by atoms with Gasteiger partial charge in [0.15, 0.2) is 0 Å². The monoisotopic (exact) mass is 275 g/mol. The van der Waals surface area contributed by atoms with Crippen LogP contribution in [0.15, 0.2) is 34.7 Å². The molecule has 6 heteroatoms. The standard InChI is InChI=1S/C14H13NO5/c1-8-2-4-11(16)10(6-8)13(17)15-7-9-3-5-12(20-9)14(18)19/h2-6,16H,7H2,1H3,(H,15,17)(H,18,19). The van der Waals surface area contributed by atoms with Crippen molar-refractivity contribution < 1.29 is 24.2 Å². The van der Waals surface area contributed by atoms with Gasteiger partial charge in [-0.1, -0.05) is 11.6 Å². The average molecular weight is 275 g/mol. The molecule has 3 N–H and O–H groups in total. The van der Waals surface area contributed by atoms with E-state index in [1.165, 1.54) is 18.2 Å². The number of aryl methyl sites for hydroxylation is 1. The highest BCUT2D eigenvalue weighted by Gasteiger charge is 2.13. The second kappa shape index (κ2) is 5.48. The highest BCUT2D eigenvalue weighted by molar-refractivity contribution is 5.96. The maximum Gasteiger partial charge on any atom is 0.371 e. The Morgan fingerprint density at radius 1 is 1.25 bits per heavy atom. The Morgan fingerprint density at radius 3 is 2.65 bits per heavy atom. The van der Waals surface area contributed by atoms with Crippen LogP contribution >= 0.6 is 0 Å². The number of benzene rings is 1. The number of phenolic OH excluding ortho intramolecular Hbond substituents is 1. The van der Waals surface area contributed by atoms with E-state index in [2.05, 4.69) is 5.32 Å². The number of furan rings is 1. The molecule has 0 aliphatic carbocycles. The molecule has 0 radical (unpaired) electrons. The molecule has 104 valence electrons. The molecule has 1 heterocycles. The summed E-state index contributed by atoms with van der Waals surface area (Å²) in [4.78, 5) is 22.5. The summed E-state index contributed by atoms with van der Waals surface area (Å²) < 4.78 is 5.01. The first-order valence-electron chi connectivity index (χ1n) is 5.87. The van der Waals surface area contributed by atoms with Crippen LogP contribution in [0, 0.1) is 6.92 Å². The van der Waals surface area contributed by atoms with Crippen LogP contribution in [0.2, 0.25) is 0 Å². The van der Waals surface area contributed by atoms with Crippen LogP contribution in [0.4, 0.5) is 0 Å². The molecule has 2 aromatic rings.